The Kier molecular flexibility index (Phi) is 6.45. The first-order valence-corrected chi connectivity index (χ1v) is 9.43. The van der Waals surface area contributed by atoms with E-state index < -0.39 is 0 Å². The van der Waals surface area contributed by atoms with Crippen molar-refractivity contribution in [2.75, 3.05) is 19.6 Å². The number of hydrogen-bond donors (Lipinski definition) is 1. The SMILES string of the molecule is O=C(NCCc1ccc(F)cc1)C1CC(=O)N(CCc2ccc(Cl)cc2)C1. The zero-order valence-electron chi connectivity index (χ0n) is 15.0. The largest absolute Gasteiger partial charge is 0.355 e. The van der Waals surface area contributed by atoms with Crippen LogP contribution in [0.2, 0.25) is 5.02 Å². The Morgan fingerprint density at radius 3 is 2.41 bits per heavy atom. The van der Waals surface area contributed by atoms with Crippen LogP contribution in [-0.2, 0) is 22.4 Å². The zero-order valence-corrected chi connectivity index (χ0v) is 15.7. The van der Waals surface area contributed by atoms with Gasteiger partial charge in [-0.1, -0.05) is 35.9 Å². The highest BCUT2D eigenvalue weighted by Gasteiger charge is 2.33. The van der Waals surface area contributed by atoms with Crippen LogP contribution in [-0.4, -0.2) is 36.3 Å². The van der Waals surface area contributed by atoms with Crippen molar-refractivity contribution < 1.29 is 14.0 Å². The Labute approximate surface area is 163 Å². The van der Waals surface area contributed by atoms with E-state index in [2.05, 4.69) is 5.32 Å². The van der Waals surface area contributed by atoms with Crippen LogP contribution in [0.25, 0.3) is 0 Å². The molecular formula is C21H22ClFN2O2. The molecule has 1 heterocycles. The van der Waals surface area contributed by atoms with Crippen LogP contribution >= 0.6 is 11.6 Å². The van der Waals surface area contributed by atoms with Crippen molar-refractivity contribution >= 4 is 23.4 Å². The van der Waals surface area contributed by atoms with E-state index in [1.54, 1.807) is 17.0 Å². The molecule has 1 aliphatic heterocycles. The molecule has 2 amide bonds. The van der Waals surface area contributed by atoms with Crippen LogP contribution in [0.4, 0.5) is 4.39 Å². The van der Waals surface area contributed by atoms with E-state index >= 15 is 0 Å². The number of carbonyl (C=O) groups excluding carboxylic acids is 2. The van der Waals surface area contributed by atoms with Gasteiger partial charge in [0.15, 0.2) is 0 Å². The lowest BCUT2D eigenvalue weighted by Crippen LogP contribution is -2.34. The quantitative estimate of drug-likeness (QED) is 0.791. The number of benzene rings is 2. The second kappa shape index (κ2) is 9.00. The third kappa shape index (κ3) is 5.54. The van der Waals surface area contributed by atoms with Crippen molar-refractivity contribution in [3.63, 3.8) is 0 Å². The molecular weight excluding hydrogens is 367 g/mol. The molecule has 1 atom stereocenters. The molecule has 1 fully saturated rings. The van der Waals surface area contributed by atoms with Crippen LogP contribution in [0, 0.1) is 11.7 Å². The first-order chi connectivity index (χ1) is 13.0. The second-order valence-electron chi connectivity index (χ2n) is 6.78. The molecule has 2 aromatic carbocycles. The zero-order chi connectivity index (χ0) is 19.2. The number of carbonyl (C=O) groups is 2. The lowest BCUT2D eigenvalue weighted by molar-refractivity contribution is -0.129. The van der Waals surface area contributed by atoms with Crippen molar-refractivity contribution in [1.29, 1.82) is 0 Å². The molecule has 0 bridgehead atoms. The number of rotatable bonds is 7. The van der Waals surface area contributed by atoms with E-state index in [-0.39, 0.29) is 30.0 Å². The fourth-order valence-electron chi connectivity index (χ4n) is 3.20. The number of nitrogens with zero attached hydrogens (tertiary/aromatic N) is 1. The smallest absolute Gasteiger partial charge is 0.225 e. The summed E-state index contributed by atoms with van der Waals surface area (Å²) < 4.78 is 12.9. The molecule has 1 aliphatic rings. The van der Waals surface area contributed by atoms with E-state index in [1.165, 1.54) is 12.1 Å². The molecule has 142 valence electrons. The fraction of sp³-hybridized carbons (Fsp3) is 0.333. The number of hydrogen-bond acceptors (Lipinski definition) is 2. The predicted octanol–water partition coefficient (Wildman–Crippen LogP) is 3.23. The van der Waals surface area contributed by atoms with Gasteiger partial charge >= 0.3 is 0 Å². The summed E-state index contributed by atoms with van der Waals surface area (Å²) >= 11 is 5.88. The molecule has 1 N–H and O–H groups in total. The number of nitrogens with one attached hydrogen (secondary N) is 1. The van der Waals surface area contributed by atoms with Crippen molar-refractivity contribution in [2.45, 2.75) is 19.3 Å². The number of halogens is 2. The van der Waals surface area contributed by atoms with Gasteiger partial charge in [0.2, 0.25) is 11.8 Å². The summed E-state index contributed by atoms with van der Waals surface area (Å²) in [5, 5.41) is 3.57. The van der Waals surface area contributed by atoms with E-state index in [4.69, 9.17) is 11.6 Å². The Bertz CT molecular complexity index is 793. The van der Waals surface area contributed by atoms with Crippen LogP contribution in [0.3, 0.4) is 0 Å². The lowest BCUT2D eigenvalue weighted by atomic mass is 10.1. The van der Waals surface area contributed by atoms with E-state index in [0.717, 1.165) is 17.5 Å². The van der Waals surface area contributed by atoms with E-state index in [1.807, 2.05) is 24.3 Å². The summed E-state index contributed by atoms with van der Waals surface area (Å²) in [5.74, 6) is -0.663. The summed E-state index contributed by atoms with van der Waals surface area (Å²) in [4.78, 5) is 26.3. The number of amides is 2. The standard InChI is InChI=1S/C21H22ClFN2O2/c22-18-5-1-16(2-6-18)10-12-25-14-17(13-20(25)26)21(27)24-11-9-15-3-7-19(23)8-4-15/h1-8,17H,9-14H2,(H,24,27). The molecule has 0 saturated carbocycles. The average molecular weight is 389 g/mol. The van der Waals surface area contributed by atoms with Crippen LogP contribution in [0.5, 0.6) is 0 Å². The third-order valence-corrected chi connectivity index (χ3v) is 5.05. The molecule has 6 heteroatoms. The fourth-order valence-corrected chi connectivity index (χ4v) is 3.33. The van der Waals surface area contributed by atoms with Crippen LogP contribution < -0.4 is 5.32 Å². The van der Waals surface area contributed by atoms with Gasteiger partial charge in [0.1, 0.15) is 5.82 Å². The second-order valence-corrected chi connectivity index (χ2v) is 7.22. The van der Waals surface area contributed by atoms with Gasteiger partial charge in [0.25, 0.3) is 0 Å². The van der Waals surface area contributed by atoms with Gasteiger partial charge in [-0.3, -0.25) is 9.59 Å². The molecule has 4 nitrogen and oxygen atoms in total. The monoisotopic (exact) mass is 388 g/mol. The molecule has 1 unspecified atom stereocenters. The summed E-state index contributed by atoms with van der Waals surface area (Å²) in [6, 6.07) is 13.8. The summed E-state index contributed by atoms with van der Waals surface area (Å²) in [6.07, 6.45) is 1.62. The van der Waals surface area contributed by atoms with Crippen molar-refractivity contribution in [3.8, 4) is 0 Å². The maximum absolute atomic E-state index is 12.9. The molecule has 0 aromatic heterocycles. The first-order valence-electron chi connectivity index (χ1n) is 9.05. The maximum atomic E-state index is 12.9. The average Bonchev–Trinajstić information content (AvgIpc) is 3.04. The van der Waals surface area contributed by atoms with Gasteiger partial charge in [-0.25, -0.2) is 4.39 Å². The van der Waals surface area contributed by atoms with E-state index in [0.29, 0.717) is 31.1 Å². The summed E-state index contributed by atoms with van der Waals surface area (Å²) in [5.41, 5.74) is 2.07. The molecule has 2 aromatic rings. The van der Waals surface area contributed by atoms with Crippen molar-refractivity contribution in [3.05, 3.63) is 70.5 Å². The van der Waals surface area contributed by atoms with Gasteiger partial charge in [-0.15, -0.1) is 0 Å². The highest BCUT2D eigenvalue weighted by Crippen LogP contribution is 2.19. The highest BCUT2D eigenvalue weighted by molar-refractivity contribution is 6.30. The summed E-state index contributed by atoms with van der Waals surface area (Å²) in [6.45, 7) is 1.52. The molecule has 3 rings (SSSR count). The Morgan fingerprint density at radius 1 is 1.07 bits per heavy atom. The Balaban J connectivity index is 1.42. The molecule has 0 spiro atoms. The molecule has 0 radical (unpaired) electrons. The molecule has 27 heavy (non-hydrogen) atoms. The Hall–Kier alpha value is -2.40. The number of likely N-dealkylation sites (tertiary alicyclic amines) is 1. The van der Waals surface area contributed by atoms with Gasteiger partial charge in [0.05, 0.1) is 5.92 Å². The molecule has 1 saturated heterocycles. The summed E-state index contributed by atoms with van der Waals surface area (Å²) in [7, 11) is 0. The van der Waals surface area contributed by atoms with Gasteiger partial charge in [-0.05, 0) is 48.2 Å². The van der Waals surface area contributed by atoms with Gasteiger partial charge in [0, 0.05) is 31.1 Å². The van der Waals surface area contributed by atoms with Crippen LogP contribution in [0.15, 0.2) is 48.5 Å². The van der Waals surface area contributed by atoms with Crippen molar-refractivity contribution in [1.82, 2.24) is 10.2 Å². The molecule has 0 aliphatic carbocycles. The first kappa shape index (κ1) is 19.4. The maximum Gasteiger partial charge on any atom is 0.225 e. The van der Waals surface area contributed by atoms with Gasteiger partial charge in [-0.2, -0.15) is 0 Å². The predicted molar refractivity (Wildman–Crippen MR) is 103 cm³/mol. The lowest BCUT2D eigenvalue weighted by Gasteiger charge is -2.16. The highest BCUT2D eigenvalue weighted by atomic mass is 35.5. The minimum absolute atomic E-state index is 0.0163. The van der Waals surface area contributed by atoms with Crippen LogP contribution in [0.1, 0.15) is 17.5 Å². The van der Waals surface area contributed by atoms with Gasteiger partial charge < -0.3 is 10.2 Å². The Morgan fingerprint density at radius 2 is 1.70 bits per heavy atom. The van der Waals surface area contributed by atoms with Crippen molar-refractivity contribution in [2.24, 2.45) is 5.92 Å². The minimum Gasteiger partial charge on any atom is -0.355 e. The normalized spacial score (nSPS) is 16.6. The minimum atomic E-state index is -0.309. The van der Waals surface area contributed by atoms with E-state index in [9.17, 15) is 14.0 Å². The topological polar surface area (TPSA) is 49.4 Å². The third-order valence-electron chi connectivity index (χ3n) is 4.80.